The van der Waals surface area contributed by atoms with Crippen LogP contribution in [0.15, 0.2) is 30.5 Å². The Morgan fingerprint density at radius 3 is 2.19 bits per heavy atom. The van der Waals surface area contributed by atoms with E-state index >= 15 is 0 Å². The standard InChI is InChI=1S/C20H22F7N3O/c1-18(2,20(25,26)27)9-19(3,28)10-31-14-5-4-12(30-15(14)17(23)24)11-6-7-29-13(8-11)16(21)22/h4-8,16-17H,9-10,28H2,1-3H3/t19-/m0/s1. The minimum atomic E-state index is -4.51. The van der Waals surface area contributed by atoms with Gasteiger partial charge >= 0.3 is 6.18 Å². The van der Waals surface area contributed by atoms with Gasteiger partial charge in [0.1, 0.15) is 23.7 Å². The molecule has 31 heavy (non-hydrogen) atoms. The molecule has 2 aromatic heterocycles. The molecular weight excluding hydrogens is 431 g/mol. The third kappa shape index (κ3) is 6.28. The van der Waals surface area contributed by atoms with Crippen LogP contribution >= 0.6 is 0 Å². The first kappa shape index (κ1) is 24.8. The van der Waals surface area contributed by atoms with E-state index in [0.29, 0.717) is 0 Å². The molecule has 2 N–H and O–H groups in total. The number of alkyl halides is 7. The summed E-state index contributed by atoms with van der Waals surface area (Å²) in [5, 5.41) is 0. The summed E-state index contributed by atoms with van der Waals surface area (Å²) in [7, 11) is 0. The molecule has 0 aliphatic rings. The van der Waals surface area contributed by atoms with Gasteiger partial charge in [0, 0.05) is 17.3 Å². The Labute approximate surface area is 174 Å². The molecule has 0 aromatic carbocycles. The lowest BCUT2D eigenvalue weighted by molar-refractivity contribution is -0.218. The molecule has 0 fully saturated rings. The minimum Gasteiger partial charge on any atom is -0.490 e. The van der Waals surface area contributed by atoms with Gasteiger partial charge in [-0.25, -0.2) is 22.5 Å². The number of nitrogens with zero attached hydrogens (tertiary/aromatic N) is 2. The van der Waals surface area contributed by atoms with E-state index in [2.05, 4.69) is 9.97 Å². The van der Waals surface area contributed by atoms with Crippen molar-refractivity contribution in [2.75, 3.05) is 6.61 Å². The van der Waals surface area contributed by atoms with E-state index in [1.54, 1.807) is 0 Å². The molecule has 4 nitrogen and oxygen atoms in total. The third-order valence-electron chi connectivity index (χ3n) is 4.56. The molecule has 0 saturated carbocycles. The van der Waals surface area contributed by atoms with Gasteiger partial charge in [-0.1, -0.05) is 13.8 Å². The van der Waals surface area contributed by atoms with Gasteiger partial charge in [0.15, 0.2) is 0 Å². The highest BCUT2D eigenvalue weighted by Crippen LogP contribution is 2.43. The number of ether oxygens (including phenoxy) is 1. The molecule has 2 heterocycles. The van der Waals surface area contributed by atoms with E-state index in [9.17, 15) is 30.7 Å². The predicted octanol–water partition coefficient (Wildman–Crippen LogP) is 6.09. The predicted molar refractivity (Wildman–Crippen MR) is 99.9 cm³/mol. The maximum Gasteiger partial charge on any atom is 0.394 e. The van der Waals surface area contributed by atoms with Crippen molar-refractivity contribution >= 4 is 0 Å². The smallest absolute Gasteiger partial charge is 0.394 e. The average molecular weight is 453 g/mol. The summed E-state index contributed by atoms with van der Waals surface area (Å²) in [4.78, 5) is 7.29. The fourth-order valence-corrected chi connectivity index (χ4v) is 3.03. The minimum absolute atomic E-state index is 0.0133. The van der Waals surface area contributed by atoms with Gasteiger partial charge in [0.05, 0.1) is 11.1 Å². The van der Waals surface area contributed by atoms with Crippen molar-refractivity contribution in [3.8, 4) is 17.0 Å². The first-order valence-corrected chi connectivity index (χ1v) is 9.15. The summed E-state index contributed by atoms with van der Waals surface area (Å²) in [5.41, 5.74) is 1.15. The van der Waals surface area contributed by atoms with Crippen LogP contribution in [0.4, 0.5) is 30.7 Å². The summed E-state index contributed by atoms with van der Waals surface area (Å²) in [6.07, 6.45) is -9.84. The van der Waals surface area contributed by atoms with Crippen molar-refractivity contribution in [3.05, 3.63) is 41.9 Å². The highest BCUT2D eigenvalue weighted by atomic mass is 19.4. The van der Waals surface area contributed by atoms with Gasteiger partial charge in [-0.05, 0) is 37.6 Å². The van der Waals surface area contributed by atoms with Gasteiger partial charge < -0.3 is 10.5 Å². The maximum absolute atomic E-state index is 13.5. The van der Waals surface area contributed by atoms with Crippen molar-refractivity contribution < 1.29 is 35.5 Å². The summed E-state index contributed by atoms with van der Waals surface area (Å²) in [6.45, 7) is 2.83. The largest absolute Gasteiger partial charge is 0.490 e. The quantitative estimate of drug-likeness (QED) is 0.491. The molecule has 2 rings (SSSR count). The molecule has 0 amide bonds. The molecule has 0 unspecified atom stereocenters. The highest BCUT2D eigenvalue weighted by Gasteiger charge is 2.50. The average Bonchev–Trinajstić information content (AvgIpc) is 2.64. The zero-order chi connectivity index (χ0) is 23.6. The molecule has 0 radical (unpaired) electrons. The van der Waals surface area contributed by atoms with Crippen molar-refractivity contribution in [2.45, 2.75) is 51.8 Å². The number of hydrogen-bond acceptors (Lipinski definition) is 4. The van der Waals surface area contributed by atoms with Crippen LogP contribution < -0.4 is 10.5 Å². The van der Waals surface area contributed by atoms with Crippen LogP contribution in [0.25, 0.3) is 11.3 Å². The third-order valence-corrected chi connectivity index (χ3v) is 4.56. The zero-order valence-electron chi connectivity index (χ0n) is 17.0. The lowest BCUT2D eigenvalue weighted by atomic mass is 9.79. The molecular formula is C20H22F7N3O. The van der Waals surface area contributed by atoms with Crippen molar-refractivity contribution in [1.82, 2.24) is 9.97 Å². The van der Waals surface area contributed by atoms with Gasteiger partial charge in [0.25, 0.3) is 12.9 Å². The topological polar surface area (TPSA) is 61.0 Å². The van der Waals surface area contributed by atoms with Crippen LogP contribution in [0.3, 0.4) is 0 Å². The fraction of sp³-hybridized carbons (Fsp3) is 0.500. The molecule has 0 aliphatic heterocycles. The lowest BCUT2D eigenvalue weighted by Crippen LogP contribution is -2.49. The Kier molecular flexibility index (Phi) is 7.19. The monoisotopic (exact) mass is 453 g/mol. The Hall–Kier alpha value is -2.43. The van der Waals surface area contributed by atoms with Crippen molar-refractivity contribution in [1.29, 1.82) is 0 Å². The second kappa shape index (κ2) is 8.97. The number of hydrogen-bond donors (Lipinski definition) is 1. The normalized spacial score (nSPS) is 14.7. The summed E-state index contributed by atoms with van der Waals surface area (Å²) in [5.74, 6) is -0.358. The molecule has 11 heteroatoms. The molecule has 1 atom stereocenters. The molecule has 0 spiro atoms. The molecule has 2 aromatic rings. The van der Waals surface area contributed by atoms with Crippen LogP contribution in [-0.4, -0.2) is 28.3 Å². The second-order valence-electron chi connectivity index (χ2n) is 8.15. The molecule has 172 valence electrons. The van der Waals surface area contributed by atoms with Crippen molar-refractivity contribution in [2.24, 2.45) is 11.1 Å². The number of pyridine rings is 2. The highest BCUT2D eigenvalue weighted by molar-refractivity contribution is 5.60. The molecule has 0 bridgehead atoms. The maximum atomic E-state index is 13.5. The summed E-state index contributed by atoms with van der Waals surface area (Å²) in [6, 6.07) is 4.79. The Morgan fingerprint density at radius 1 is 1.00 bits per heavy atom. The van der Waals surface area contributed by atoms with Crippen LogP contribution in [0.2, 0.25) is 0 Å². The fourth-order valence-electron chi connectivity index (χ4n) is 3.03. The van der Waals surface area contributed by atoms with E-state index in [-0.39, 0.29) is 17.0 Å². The first-order chi connectivity index (χ1) is 14.1. The van der Waals surface area contributed by atoms with Crippen LogP contribution in [-0.2, 0) is 0 Å². The number of nitrogens with two attached hydrogens (primary N) is 1. The van der Waals surface area contributed by atoms with E-state index in [1.807, 2.05) is 0 Å². The zero-order valence-corrected chi connectivity index (χ0v) is 17.0. The van der Waals surface area contributed by atoms with E-state index in [1.165, 1.54) is 19.1 Å². The summed E-state index contributed by atoms with van der Waals surface area (Å²) < 4.78 is 97.4. The van der Waals surface area contributed by atoms with Gasteiger partial charge in [0.2, 0.25) is 0 Å². The van der Waals surface area contributed by atoms with Crippen LogP contribution in [0.1, 0.15) is 51.4 Å². The van der Waals surface area contributed by atoms with Crippen LogP contribution in [0, 0.1) is 5.41 Å². The Balaban J connectivity index is 2.25. The van der Waals surface area contributed by atoms with Gasteiger partial charge in [-0.2, -0.15) is 13.2 Å². The summed E-state index contributed by atoms with van der Waals surface area (Å²) >= 11 is 0. The molecule has 0 saturated heterocycles. The van der Waals surface area contributed by atoms with E-state index in [4.69, 9.17) is 10.5 Å². The first-order valence-electron chi connectivity index (χ1n) is 9.15. The number of aromatic nitrogens is 2. The van der Waals surface area contributed by atoms with Gasteiger partial charge in [-0.15, -0.1) is 0 Å². The lowest BCUT2D eigenvalue weighted by Gasteiger charge is -2.36. The number of halogens is 7. The van der Waals surface area contributed by atoms with E-state index in [0.717, 1.165) is 32.2 Å². The Bertz CT molecular complexity index is 899. The van der Waals surface area contributed by atoms with Crippen LogP contribution in [0.5, 0.6) is 5.75 Å². The number of rotatable bonds is 8. The molecule has 0 aliphatic carbocycles. The van der Waals surface area contributed by atoms with Gasteiger partial charge in [-0.3, -0.25) is 4.98 Å². The Morgan fingerprint density at radius 2 is 1.65 bits per heavy atom. The van der Waals surface area contributed by atoms with Crippen molar-refractivity contribution in [3.63, 3.8) is 0 Å². The second-order valence-corrected chi connectivity index (χ2v) is 8.15. The van der Waals surface area contributed by atoms with E-state index < -0.39 is 54.4 Å². The SMILES string of the molecule is CC(C)(C[C@](C)(N)COc1ccc(-c2ccnc(C(F)F)c2)nc1C(F)F)C(F)(F)F.